The molecule has 0 aliphatic carbocycles. The number of carbonyl (C=O) groups excluding carboxylic acids is 1. The molecule has 0 radical (unpaired) electrons. The largest absolute Gasteiger partial charge is 0.383 e. The number of likely N-dealkylation sites (N-methyl/N-ethyl adjacent to an activating group) is 1. The minimum absolute atomic E-state index is 0.00934. The molecule has 1 amide bonds. The molecule has 2 rings (SSSR count). The van der Waals surface area contributed by atoms with E-state index >= 15 is 0 Å². The highest BCUT2D eigenvalue weighted by Crippen LogP contribution is 2.16. The average Bonchev–Trinajstić information content (AvgIpc) is 2.92. The van der Waals surface area contributed by atoms with Gasteiger partial charge in [-0.05, 0) is 52.1 Å². The van der Waals surface area contributed by atoms with Crippen LogP contribution in [-0.2, 0) is 11.3 Å². The lowest BCUT2D eigenvalue weighted by molar-refractivity contribution is 0.0950. The molecule has 0 saturated heterocycles. The SMILES string of the molecule is COCCN(C)CCCNC(=O)c1cc(C)n(Cc2ccccn2)c1C. The maximum atomic E-state index is 12.5. The molecule has 6 heteroatoms. The summed E-state index contributed by atoms with van der Waals surface area (Å²) in [6, 6.07) is 7.84. The van der Waals surface area contributed by atoms with Gasteiger partial charge in [0.2, 0.25) is 0 Å². The van der Waals surface area contributed by atoms with E-state index in [2.05, 4.69) is 26.8 Å². The number of rotatable bonds is 10. The molecule has 142 valence electrons. The van der Waals surface area contributed by atoms with E-state index in [1.165, 1.54) is 0 Å². The molecule has 26 heavy (non-hydrogen) atoms. The molecule has 0 aliphatic heterocycles. The topological polar surface area (TPSA) is 59.4 Å². The van der Waals surface area contributed by atoms with Crippen molar-refractivity contribution in [1.82, 2.24) is 19.8 Å². The third-order valence-corrected chi connectivity index (χ3v) is 4.54. The summed E-state index contributed by atoms with van der Waals surface area (Å²) < 4.78 is 7.20. The Morgan fingerprint density at radius 2 is 2.12 bits per heavy atom. The molecule has 6 nitrogen and oxygen atoms in total. The van der Waals surface area contributed by atoms with Crippen molar-refractivity contribution in [2.45, 2.75) is 26.8 Å². The molecule has 1 N–H and O–H groups in total. The molecule has 0 aromatic carbocycles. The molecular formula is C20H30N4O2. The maximum absolute atomic E-state index is 12.5. The number of methoxy groups -OCH3 is 1. The van der Waals surface area contributed by atoms with E-state index < -0.39 is 0 Å². The summed E-state index contributed by atoms with van der Waals surface area (Å²) in [5.74, 6) is -0.00934. The molecule has 0 bridgehead atoms. The molecular weight excluding hydrogens is 328 g/mol. The van der Waals surface area contributed by atoms with E-state index in [0.717, 1.165) is 48.8 Å². The van der Waals surface area contributed by atoms with E-state index in [1.807, 2.05) is 38.1 Å². The van der Waals surface area contributed by atoms with Gasteiger partial charge < -0.3 is 19.5 Å². The van der Waals surface area contributed by atoms with E-state index in [0.29, 0.717) is 13.1 Å². The molecule has 0 saturated carbocycles. The Balaban J connectivity index is 1.88. The van der Waals surface area contributed by atoms with Crippen LogP contribution in [0.2, 0.25) is 0 Å². The van der Waals surface area contributed by atoms with Gasteiger partial charge in [0.1, 0.15) is 0 Å². The second-order valence-corrected chi connectivity index (χ2v) is 6.60. The van der Waals surface area contributed by atoms with Gasteiger partial charge in [0, 0.05) is 37.8 Å². The fourth-order valence-corrected chi connectivity index (χ4v) is 2.93. The van der Waals surface area contributed by atoms with Crippen molar-refractivity contribution in [2.24, 2.45) is 0 Å². The smallest absolute Gasteiger partial charge is 0.253 e. The van der Waals surface area contributed by atoms with Crippen LogP contribution in [0.1, 0.15) is 33.9 Å². The number of hydrogen-bond acceptors (Lipinski definition) is 4. The summed E-state index contributed by atoms with van der Waals surface area (Å²) in [4.78, 5) is 19.1. The van der Waals surface area contributed by atoms with Crippen molar-refractivity contribution in [3.8, 4) is 0 Å². The van der Waals surface area contributed by atoms with Crippen LogP contribution in [0, 0.1) is 13.8 Å². The Morgan fingerprint density at radius 3 is 2.81 bits per heavy atom. The zero-order valence-electron chi connectivity index (χ0n) is 16.3. The molecule has 0 aliphatic rings. The summed E-state index contributed by atoms with van der Waals surface area (Å²) in [7, 11) is 3.77. The fraction of sp³-hybridized carbons (Fsp3) is 0.500. The molecule has 0 unspecified atom stereocenters. The van der Waals surface area contributed by atoms with Gasteiger partial charge in [0.15, 0.2) is 0 Å². The zero-order valence-corrected chi connectivity index (χ0v) is 16.3. The van der Waals surface area contributed by atoms with Crippen molar-refractivity contribution in [2.75, 3.05) is 40.4 Å². The summed E-state index contributed by atoms with van der Waals surface area (Å²) in [5.41, 5.74) is 3.77. The number of aromatic nitrogens is 2. The molecule has 0 spiro atoms. The van der Waals surface area contributed by atoms with Gasteiger partial charge in [-0.2, -0.15) is 0 Å². The quantitative estimate of drug-likeness (QED) is 0.662. The van der Waals surface area contributed by atoms with Crippen molar-refractivity contribution in [3.63, 3.8) is 0 Å². The summed E-state index contributed by atoms with van der Waals surface area (Å²) in [5, 5.41) is 3.03. The van der Waals surface area contributed by atoms with Gasteiger partial charge in [0.25, 0.3) is 5.91 Å². The Hall–Kier alpha value is -2.18. The van der Waals surface area contributed by atoms with Gasteiger partial charge in [-0.3, -0.25) is 9.78 Å². The van der Waals surface area contributed by atoms with Crippen LogP contribution in [-0.4, -0.2) is 60.8 Å². The average molecular weight is 358 g/mol. The number of nitrogens with one attached hydrogen (secondary N) is 1. The van der Waals surface area contributed by atoms with Gasteiger partial charge in [-0.15, -0.1) is 0 Å². The number of pyridine rings is 1. The Kier molecular flexibility index (Phi) is 7.81. The Labute approximate surface area is 156 Å². The third kappa shape index (κ3) is 5.68. The Bertz CT molecular complexity index is 697. The first-order chi connectivity index (χ1) is 12.5. The van der Waals surface area contributed by atoms with Crippen molar-refractivity contribution >= 4 is 5.91 Å². The van der Waals surface area contributed by atoms with Gasteiger partial charge in [-0.25, -0.2) is 0 Å². The van der Waals surface area contributed by atoms with Crippen LogP contribution >= 0.6 is 0 Å². The fourth-order valence-electron chi connectivity index (χ4n) is 2.93. The number of ether oxygens (including phenoxy) is 1. The molecule has 0 atom stereocenters. The van der Waals surface area contributed by atoms with Gasteiger partial charge >= 0.3 is 0 Å². The Morgan fingerprint density at radius 1 is 1.31 bits per heavy atom. The monoisotopic (exact) mass is 358 g/mol. The van der Waals surface area contributed by atoms with Crippen LogP contribution in [0.4, 0.5) is 0 Å². The first-order valence-electron chi connectivity index (χ1n) is 9.05. The highest BCUT2D eigenvalue weighted by molar-refractivity contribution is 5.95. The molecule has 2 aromatic heterocycles. The van der Waals surface area contributed by atoms with Crippen LogP contribution in [0.15, 0.2) is 30.5 Å². The predicted molar refractivity (Wildman–Crippen MR) is 104 cm³/mol. The van der Waals surface area contributed by atoms with Gasteiger partial charge in [-0.1, -0.05) is 6.07 Å². The molecule has 0 fully saturated rings. The van der Waals surface area contributed by atoms with Crippen molar-refractivity contribution in [3.05, 3.63) is 53.1 Å². The minimum atomic E-state index is -0.00934. The highest BCUT2D eigenvalue weighted by atomic mass is 16.5. The second kappa shape index (κ2) is 10.1. The van der Waals surface area contributed by atoms with E-state index in [9.17, 15) is 4.79 Å². The van der Waals surface area contributed by atoms with Crippen molar-refractivity contribution in [1.29, 1.82) is 0 Å². The van der Waals surface area contributed by atoms with Crippen LogP contribution in [0.5, 0.6) is 0 Å². The molecule has 2 aromatic rings. The zero-order chi connectivity index (χ0) is 18.9. The maximum Gasteiger partial charge on any atom is 0.253 e. The lowest BCUT2D eigenvalue weighted by atomic mass is 10.2. The van der Waals surface area contributed by atoms with Gasteiger partial charge in [0.05, 0.1) is 24.4 Å². The van der Waals surface area contributed by atoms with Crippen LogP contribution in [0.25, 0.3) is 0 Å². The first kappa shape index (κ1) is 20.1. The second-order valence-electron chi connectivity index (χ2n) is 6.60. The van der Waals surface area contributed by atoms with E-state index in [1.54, 1.807) is 13.3 Å². The summed E-state index contributed by atoms with van der Waals surface area (Å²) in [6.45, 7) is 7.92. The van der Waals surface area contributed by atoms with Crippen LogP contribution < -0.4 is 5.32 Å². The first-order valence-corrected chi connectivity index (χ1v) is 9.05. The normalized spacial score (nSPS) is 11.1. The number of carbonyl (C=O) groups is 1. The number of hydrogen-bond donors (Lipinski definition) is 1. The van der Waals surface area contributed by atoms with E-state index in [-0.39, 0.29) is 5.91 Å². The number of amides is 1. The number of aryl methyl sites for hydroxylation is 1. The lowest BCUT2D eigenvalue weighted by Crippen LogP contribution is -2.29. The molecule has 2 heterocycles. The highest BCUT2D eigenvalue weighted by Gasteiger charge is 2.15. The standard InChI is InChI=1S/C20H30N4O2/c1-16-14-19(17(2)24(16)15-18-8-5-6-9-21-18)20(25)22-10-7-11-23(3)12-13-26-4/h5-6,8-9,14H,7,10-13,15H2,1-4H3,(H,22,25). The summed E-state index contributed by atoms with van der Waals surface area (Å²) >= 11 is 0. The third-order valence-electron chi connectivity index (χ3n) is 4.54. The minimum Gasteiger partial charge on any atom is -0.383 e. The predicted octanol–water partition coefficient (Wildman–Crippen LogP) is 2.25. The van der Waals surface area contributed by atoms with Crippen LogP contribution in [0.3, 0.4) is 0 Å². The van der Waals surface area contributed by atoms with Crippen molar-refractivity contribution < 1.29 is 9.53 Å². The number of nitrogens with zero attached hydrogens (tertiary/aromatic N) is 3. The lowest BCUT2D eigenvalue weighted by Gasteiger charge is -2.15. The van der Waals surface area contributed by atoms with E-state index in [4.69, 9.17) is 4.74 Å². The summed E-state index contributed by atoms with van der Waals surface area (Å²) in [6.07, 6.45) is 2.71.